The Bertz CT molecular complexity index is 489. The van der Waals surface area contributed by atoms with Gasteiger partial charge in [-0.25, -0.2) is 13.1 Å². The number of nitrogens with one attached hydrogen (secondary N) is 1. The van der Waals surface area contributed by atoms with Crippen molar-refractivity contribution in [1.82, 2.24) is 4.72 Å². The Morgan fingerprint density at radius 2 is 2.06 bits per heavy atom. The van der Waals surface area contributed by atoms with E-state index in [-0.39, 0.29) is 12.6 Å². The quantitative estimate of drug-likeness (QED) is 0.825. The molecule has 2 atom stereocenters. The number of aryl methyl sites for hydroxylation is 2. The Labute approximate surface area is 109 Å². The van der Waals surface area contributed by atoms with Gasteiger partial charge in [-0.3, -0.25) is 0 Å². The average molecular weight is 274 g/mol. The van der Waals surface area contributed by atoms with Crippen molar-refractivity contribution in [2.45, 2.75) is 45.4 Å². The lowest BCUT2D eigenvalue weighted by atomic mass is 10.1. The first-order chi connectivity index (χ1) is 8.31. The normalized spacial score (nSPS) is 15.6. The van der Waals surface area contributed by atoms with E-state index in [9.17, 15) is 8.42 Å². The fourth-order valence-electron chi connectivity index (χ4n) is 2.00. The van der Waals surface area contributed by atoms with Crippen LogP contribution in [0.25, 0.3) is 0 Å². The maximum absolute atomic E-state index is 12.1. The zero-order chi connectivity index (χ0) is 13.9. The highest BCUT2D eigenvalue weighted by Gasteiger charge is 2.25. The topological polar surface area (TPSA) is 85.3 Å². The molecule has 0 aliphatic rings. The van der Waals surface area contributed by atoms with Crippen molar-refractivity contribution in [2.24, 2.45) is 5.73 Å². The highest BCUT2D eigenvalue weighted by Crippen LogP contribution is 2.22. The predicted octanol–water partition coefficient (Wildman–Crippen LogP) is 1.61. The van der Waals surface area contributed by atoms with Gasteiger partial charge in [0.15, 0.2) is 0 Å². The second-order valence-corrected chi connectivity index (χ2v) is 6.51. The van der Waals surface area contributed by atoms with Crippen LogP contribution in [0.1, 0.15) is 43.4 Å². The van der Waals surface area contributed by atoms with Crippen LogP contribution in [-0.2, 0) is 10.0 Å². The standard InChI is InChI=1S/C12H22N2O3S/c1-5-11(7-13)18(15,16)14-9(3)12-6-8(2)17-10(12)4/h6,9,11,14H,5,7,13H2,1-4H3. The van der Waals surface area contributed by atoms with E-state index in [0.29, 0.717) is 6.42 Å². The third kappa shape index (κ3) is 3.34. The first-order valence-electron chi connectivity index (χ1n) is 6.10. The molecule has 1 rings (SSSR count). The third-order valence-electron chi connectivity index (χ3n) is 3.04. The summed E-state index contributed by atoms with van der Waals surface area (Å²) in [5.41, 5.74) is 6.34. The van der Waals surface area contributed by atoms with Crippen molar-refractivity contribution in [3.63, 3.8) is 0 Å². The first-order valence-corrected chi connectivity index (χ1v) is 7.64. The van der Waals surface area contributed by atoms with Gasteiger partial charge in [-0.1, -0.05) is 6.92 Å². The summed E-state index contributed by atoms with van der Waals surface area (Å²) >= 11 is 0. The number of nitrogens with two attached hydrogens (primary N) is 1. The largest absolute Gasteiger partial charge is 0.466 e. The number of rotatable bonds is 6. The van der Waals surface area contributed by atoms with E-state index in [1.807, 2.05) is 26.8 Å². The molecule has 5 nitrogen and oxygen atoms in total. The Kier molecular flexibility index (Phi) is 4.95. The van der Waals surface area contributed by atoms with Gasteiger partial charge in [-0.2, -0.15) is 0 Å². The van der Waals surface area contributed by atoms with Gasteiger partial charge in [0.2, 0.25) is 10.0 Å². The van der Waals surface area contributed by atoms with Gasteiger partial charge in [-0.05, 0) is 33.3 Å². The molecule has 1 aromatic heterocycles. The molecule has 0 amide bonds. The highest BCUT2D eigenvalue weighted by molar-refractivity contribution is 7.90. The number of hydrogen-bond donors (Lipinski definition) is 2. The Morgan fingerprint density at radius 1 is 1.44 bits per heavy atom. The maximum Gasteiger partial charge on any atom is 0.216 e. The second-order valence-electron chi connectivity index (χ2n) is 4.52. The lowest BCUT2D eigenvalue weighted by Crippen LogP contribution is -2.39. The Morgan fingerprint density at radius 3 is 2.44 bits per heavy atom. The molecule has 0 bridgehead atoms. The first kappa shape index (κ1) is 15.2. The molecule has 0 saturated carbocycles. The average Bonchev–Trinajstić information content (AvgIpc) is 2.58. The van der Waals surface area contributed by atoms with Gasteiger partial charge in [-0.15, -0.1) is 0 Å². The van der Waals surface area contributed by atoms with E-state index in [1.165, 1.54) is 0 Å². The zero-order valence-corrected chi connectivity index (χ0v) is 12.2. The summed E-state index contributed by atoms with van der Waals surface area (Å²) in [7, 11) is -3.39. The fraction of sp³-hybridized carbons (Fsp3) is 0.667. The van der Waals surface area contributed by atoms with Gasteiger partial charge in [0.25, 0.3) is 0 Å². The van der Waals surface area contributed by atoms with Crippen LogP contribution in [0, 0.1) is 13.8 Å². The van der Waals surface area contributed by atoms with E-state index < -0.39 is 15.3 Å². The molecule has 6 heteroatoms. The molecular formula is C12H22N2O3S. The van der Waals surface area contributed by atoms with E-state index in [1.54, 1.807) is 6.92 Å². The van der Waals surface area contributed by atoms with Gasteiger partial charge >= 0.3 is 0 Å². The van der Waals surface area contributed by atoms with Crippen LogP contribution in [0.15, 0.2) is 10.5 Å². The fourth-order valence-corrected chi connectivity index (χ4v) is 3.50. The van der Waals surface area contributed by atoms with E-state index >= 15 is 0 Å². The van der Waals surface area contributed by atoms with Crippen LogP contribution in [0.2, 0.25) is 0 Å². The smallest absolute Gasteiger partial charge is 0.216 e. The molecule has 1 aromatic rings. The van der Waals surface area contributed by atoms with Crippen molar-refractivity contribution in [3.05, 3.63) is 23.2 Å². The summed E-state index contributed by atoms with van der Waals surface area (Å²) in [6, 6.07) is 1.54. The molecule has 0 aliphatic heterocycles. The summed E-state index contributed by atoms with van der Waals surface area (Å²) in [4.78, 5) is 0. The number of sulfonamides is 1. The second kappa shape index (κ2) is 5.86. The van der Waals surface area contributed by atoms with Crippen molar-refractivity contribution < 1.29 is 12.8 Å². The summed E-state index contributed by atoms with van der Waals surface area (Å²) in [5.74, 6) is 1.52. The van der Waals surface area contributed by atoms with E-state index in [0.717, 1.165) is 17.1 Å². The van der Waals surface area contributed by atoms with Crippen molar-refractivity contribution >= 4 is 10.0 Å². The molecule has 3 N–H and O–H groups in total. The summed E-state index contributed by atoms with van der Waals surface area (Å²) < 4.78 is 32.2. The minimum Gasteiger partial charge on any atom is -0.466 e. The maximum atomic E-state index is 12.1. The van der Waals surface area contributed by atoms with Gasteiger partial charge in [0.05, 0.1) is 5.25 Å². The molecule has 104 valence electrons. The van der Waals surface area contributed by atoms with E-state index in [4.69, 9.17) is 10.2 Å². The molecule has 0 aliphatic carbocycles. The minimum absolute atomic E-state index is 0.127. The van der Waals surface area contributed by atoms with Crippen molar-refractivity contribution in [3.8, 4) is 0 Å². The van der Waals surface area contributed by atoms with Crippen LogP contribution < -0.4 is 10.5 Å². The molecule has 1 heterocycles. The van der Waals surface area contributed by atoms with Crippen LogP contribution >= 0.6 is 0 Å². The molecule has 2 unspecified atom stereocenters. The summed E-state index contributed by atoms with van der Waals surface area (Å²) in [6.07, 6.45) is 0.502. The highest BCUT2D eigenvalue weighted by atomic mass is 32.2. The monoisotopic (exact) mass is 274 g/mol. The SMILES string of the molecule is CCC(CN)S(=O)(=O)NC(C)c1cc(C)oc1C. The Balaban J connectivity index is 2.88. The third-order valence-corrected chi connectivity index (χ3v) is 5.13. The molecular weight excluding hydrogens is 252 g/mol. The van der Waals surface area contributed by atoms with Crippen LogP contribution in [0.3, 0.4) is 0 Å². The Hall–Kier alpha value is -0.850. The van der Waals surface area contributed by atoms with Gasteiger partial charge < -0.3 is 10.2 Å². The molecule has 0 radical (unpaired) electrons. The van der Waals surface area contributed by atoms with Gasteiger partial charge in [0, 0.05) is 18.2 Å². The molecule has 0 fully saturated rings. The molecule has 0 aromatic carbocycles. The predicted molar refractivity (Wildman–Crippen MR) is 71.8 cm³/mol. The van der Waals surface area contributed by atoms with Crippen molar-refractivity contribution in [2.75, 3.05) is 6.54 Å². The van der Waals surface area contributed by atoms with Gasteiger partial charge in [0.1, 0.15) is 11.5 Å². The van der Waals surface area contributed by atoms with E-state index in [2.05, 4.69) is 4.72 Å². The van der Waals surface area contributed by atoms with Crippen molar-refractivity contribution in [1.29, 1.82) is 0 Å². The number of furan rings is 1. The van der Waals surface area contributed by atoms with Crippen LogP contribution in [-0.4, -0.2) is 20.2 Å². The summed E-state index contributed by atoms with van der Waals surface area (Å²) in [5, 5.41) is -0.548. The molecule has 18 heavy (non-hydrogen) atoms. The minimum atomic E-state index is -3.39. The van der Waals surface area contributed by atoms with Crippen LogP contribution in [0.5, 0.6) is 0 Å². The molecule has 0 spiro atoms. The zero-order valence-electron chi connectivity index (χ0n) is 11.4. The van der Waals surface area contributed by atoms with Crippen LogP contribution in [0.4, 0.5) is 0 Å². The molecule has 0 saturated heterocycles. The summed E-state index contributed by atoms with van der Waals surface area (Å²) in [6.45, 7) is 7.41. The lowest BCUT2D eigenvalue weighted by molar-refractivity contribution is 0.495. The lowest BCUT2D eigenvalue weighted by Gasteiger charge is -2.18. The number of hydrogen-bond acceptors (Lipinski definition) is 4.